The Morgan fingerprint density at radius 2 is 2.29 bits per heavy atom. The molecule has 1 atom stereocenters. The van der Waals surface area contributed by atoms with Gasteiger partial charge in [-0.15, -0.1) is 0 Å². The first-order chi connectivity index (χ1) is 8.19. The lowest BCUT2D eigenvalue weighted by atomic mass is 10.2. The Hall–Kier alpha value is -1.16. The third-order valence-electron chi connectivity index (χ3n) is 2.80. The SMILES string of the molecule is CCC1CSC(Nc2cccc(N(C)C)c2)=N1. The van der Waals surface area contributed by atoms with Crippen LogP contribution in [0, 0.1) is 0 Å². The van der Waals surface area contributed by atoms with Gasteiger partial charge in [0, 0.05) is 31.2 Å². The Kier molecular flexibility index (Phi) is 3.94. The van der Waals surface area contributed by atoms with Crippen molar-refractivity contribution in [2.45, 2.75) is 19.4 Å². The van der Waals surface area contributed by atoms with Crippen LogP contribution in [0.1, 0.15) is 13.3 Å². The van der Waals surface area contributed by atoms with Crippen LogP contribution in [0.5, 0.6) is 0 Å². The lowest BCUT2D eigenvalue weighted by Crippen LogP contribution is -2.10. The van der Waals surface area contributed by atoms with E-state index in [0.29, 0.717) is 6.04 Å². The van der Waals surface area contributed by atoms with Gasteiger partial charge in [0.05, 0.1) is 6.04 Å². The Balaban J connectivity index is 2.06. The smallest absolute Gasteiger partial charge is 0.161 e. The zero-order valence-corrected chi connectivity index (χ0v) is 11.4. The van der Waals surface area contributed by atoms with Crippen molar-refractivity contribution >= 4 is 28.3 Å². The molecule has 92 valence electrons. The summed E-state index contributed by atoms with van der Waals surface area (Å²) < 4.78 is 0. The first-order valence-corrected chi connectivity index (χ1v) is 6.92. The lowest BCUT2D eigenvalue weighted by molar-refractivity contribution is 0.738. The van der Waals surface area contributed by atoms with Crippen LogP contribution < -0.4 is 10.2 Å². The molecule has 1 aromatic rings. The van der Waals surface area contributed by atoms with E-state index in [9.17, 15) is 0 Å². The molecule has 1 aromatic carbocycles. The van der Waals surface area contributed by atoms with E-state index in [1.807, 2.05) is 25.9 Å². The fourth-order valence-electron chi connectivity index (χ4n) is 1.68. The van der Waals surface area contributed by atoms with Crippen LogP contribution in [0.25, 0.3) is 0 Å². The molecule has 1 heterocycles. The van der Waals surface area contributed by atoms with Gasteiger partial charge in [-0.2, -0.15) is 0 Å². The Morgan fingerprint density at radius 3 is 2.94 bits per heavy atom. The summed E-state index contributed by atoms with van der Waals surface area (Å²) in [6.45, 7) is 2.18. The largest absolute Gasteiger partial charge is 0.378 e. The summed E-state index contributed by atoms with van der Waals surface area (Å²) in [4.78, 5) is 6.73. The minimum Gasteiger partial charge on any atom is -0.378 e. The number of anilines is 2. The predicted octanol–water partition coefficient (Wildman–Crippen LogP) is 3.05. The second-order valence-corrected chi connectivity index (χ2v) is 5.39. The van der Waals surface area contributed by atoms with Crippen molar-refractivity contribution in [1.29, 1.82) is 0 Å². The average Bonchev–Trinajstić information content (AvgIpc) is 2.77. The molecule has 0 aliphatic carbocycles. The van der Waals surface area contributed by atoms with E-state index >= 15 is 0 Å². The minimum absolute atomic E-state index is 0.486. The second-order valence-electron chi connectivity index (χ2n) is 4.38. The molecule has 0 amide bonds. The average molecular weight is 249 g/mol. The summed E-state index contributed by atoms with van der Waals surface area (Å²) in [6.07, 6.45) is 1.12. The Morgan fingerprint density at radius 1 is 1.47 bits per heavy atom. The fourth-order valence-corrected chi connectivity index (χ4v) is 2.75. The Labute approximate surface area is 107 Å². The molecular weight excluding hydrogens is 230 g/mol. The summed E-state index contributed by atoms with van der Waals surface area (Å²) in [5, 5.41) is 4.44. The standard InChI is InChI=1S/C13H19N3S/c1-4-10-9-17-13(14-10)15-11-6-5-7-12(8-11)16(2)3/h5-8,10H,4,9H2,1-3H3,(H,14,15). The van der Waals surface area contributed by atoms with Crippen LogP contribution in [-0.2, 0) is 0 Å². The molecule has 1 N–H and O–H groups in total. The molecule has 0 fully saturated rings. The molecule has 3 nitrogen and oxygen atoms in total. The number of nitrogens with zero attached hydrogens (tertiary/aromatic N) is 2. The van der Waals surface area contributed by atoms with Crippen molar-refractivity contribution in [1.82, 2.24) is 0 Å². The van der Waals surface area contributed by atoms with Crippen molar-refractivity contribution in [3.05, 3.63) is 24.3 Å². The number of hydrogen-bond acceptors (Lipinski definition) is 4. The quantitative estimate of drug-likeness (QED) is 0.892. The van der Waals surface area contributed by atoms with E-state index in [1.54, 1.807) is 0 Å². The van der Waals surface area contributed by atoms with Crippen molar-refractivity contribution in [3.8, 4) is 0 Å². The van der Waals surface area contributed by atoms with Gasteiger partial charge in [0.15, 0.2) is 5.17 Å². The number of aliphatic imine (C=N–C) groups is 1. The molecule has 0 spiro atoms. The molecule has 0 saturated carbocycles. The van der Waals surface area contributed by atoms with Crippen LogP contribution >= 0.6 is 11.8 Å². The highest BCUT2D eigenvalue weighted by Crippen LogP contribution is 2.23. The number of hydrogen-bond donors (Lipinski definition) is 1. The molecule has 17 heavy (non-hydrogen) atoms. The normalized spacial score (nSPS) is 19.0. The minimum atomic E-state index is 0.486. The highest BCUT2D eigenvalue weighted by Gasteiger charge is 2.16. The van der Waals surface area contributed by atoms with Crippen LogP contribution in [0.4, 0.5) is 11.4 Å². The van der Waals surface area contributed by atoms with Gasteiger partial charge in [0.25, 0.3) is 0 Å². The molecule has 4 heteroatoms. The van der Waals surface area contributed by atoms with E-state index < -0.39 is 0 Å². The summed E-state index contributed by atoms with van der Waals surface area (Å²) >= 11 is 1.81. The number of nitrogens with one attached hydrogen (secondary N) is 1. The summed E-state index contributed by atoms with van der Waals surface area (Å²) in [5.41, 5.74) is 2.31. The van der Waals surface area contributed by atoms with Crippen LogP contribution in [-0.4, -0.2) is 31.1 Å². The summed E-state index contributed by atoms with van der Waals surface area (Å²) in [6, 6.07) is 8.87. The molecule has 1 aliphatic heterocycles. The molecular formula is C13H19N3S. The van der Waals surface area contributed by atoms with E-state index in [4.69, 9.17) is 0 Å². The van der Waals surface area contributed by atoms with Gasteiger partial charge < -0.3 is 10.2 Å². The lowest BCUT2D eigenvalue weighted by Gasteiger charge is -2.14. The zero-order valence-electron chi connectivity index (χ0n) is 10.6. The highest BCUT2D eigenvalue weighted by molar-refractivity contribution is 8.14. The number of thioether (sulfide) groups is 1. The third kappa shape index (κ3) is 3.16. The number of benzene rings is 1. The van der Waals surface area contributed by atoms with Crippen molar-refractivity contribution < 1.29 is 0 Å². The maximum Gasteiger partial charge on any atom is 0.161 e. The number of amidine groups is 1. The van der Waals surface area contributed by atoms with Crippen LogP contribution in [0.2, 0.25) is 0 Å². The van der Waals surface area contributed by atoms with Crippen LogP contribution in [0.15, 0.2) is 29.3 Å². The van der Waals surface area contributed by atoms with Gasteiger partial charge >= 0.3 is 0 Å². The van der Waals surface area contributed by atoms with Gasteiger partial charge in [-0.05, 0) is 24.6 Å². The molecule has 0 radical (unpaired) electrons. The van der Waals surface area contributed by atoms with Crippen molar-refractivity contribution in [2.75, 3.05) is 30.1 Å². The van der Waals surface area contributed by atoms with E-state index in [2.05, 4.69) is 46.4 Å². The maximum atomic E-state index is 4.63. The highest BCUT2D eigenvalue weighted by atomic mass is 32.2. The summed E-state index contributed by atoms with van der Waals surface area (Å²) in [7, 11) is 4.10. The van der Waals surface area contributed by atoms with E-state index in [1.165, 1.54) is 5.69 Å². The Bertz CT molecular complexity index is 415. The predicted molar refractivity (Wildman–Crippen MR) is 78.4 cm³/mol. The molecule has 0 saturated heterocycles. The van der Waals surface area contributed by atoms with Gasteiger partial charge in [0.1, 0.15) is 0 Å². The molecule has 2 rings (SSSR count). The third-order valence-corrected chi connectivity index (χ3v) is 3.83. The zero-order chi connectivity index (χ0) is 12.3. The monoisotopic (exact) mass is 249 g/mol. The van der Waals surface area contributed by atoms with Crippen molar-refractivity contribution in [3.63, 3.8) is 0 Å². The first kappa shape index (κ1) is 12.3. The summed E-state index contributed by atoms with van der Waals surface area (Å²) in [5.74, 6) is 1.10. The topological polar surface area (TPSA) is 27.6 Å². The van der Waals surface area contributed by atoms with Gasteiger partial charge in [0.2, 0.25) is 0 Å². The first-order valence-electron chi connectivity index (χ1n) is 5.94. The number of rotatable bonds is 3. The van der Waals surface area contributed by atoms with Gasteiger partial charge in [-0.3, -0.25) is 4.99 Å². The fraction of sp³-hybridized carbons (Fsp3) is 0.462. The van der Waals surface area contributed by atoms with E-state index in [-0.39, 0.29) is 0 Å². The maximum absolute atomic E-state index is 4.63. The van der Waals surface area contributed by atoms with Gasteiger partial charge in [-0.25, -0.2) is 0 Å². The molecule has 1 unspecified atom stereocenters. The molecule has 1 aliphatic rings. The van der Waals surface area contributed by atoms with E-state index in [0.717, 1.165) is 23.0 Å². The second kappa shape index (κ2) is 5.45. The van der Waals surface area contributed by atoms with Crippen LogP contribution in [0.3, 0.4) is 0 Å². The molecule has 0 aromatic heterocycles. The molecule has 0 bridgehead atoms. The van der Waals surface area contributed by atoms with Gasteiger partial charge in [-0.1, -0.05) is 24.8 Å². The van der Waals surface area contributed by atoms with Crippen molar-refractivity contribution in [2.24, 2.45) is 4.99 Å².